The van der Waals surface area contributed by atoms with E-state index in [2.05, 4.69) is 6.07 Å². The molecule has 1 N–H and O–H groups in total. The van der Waals surface area contributed by atoms with Gasteiger partial charge in [0.25, 0.3) is 5.91 Å². The van der Waals surface area contributed by atoms with E-state index in [0.29, 0.717) is 38.4 Å². The molecule has 0 bridgehead atoms. The molecule has 0 aromatic heterocycles. The van der Waals surface area contributed by atoms with Crippen LogP contribution in [0.15, 0.2) is 36.4 Å². The molecule has 0 aliphatic carbocycles. The van der Waals surface area contributed by atoms with Gasteiger partial charge in [-0.2, -0.15) is 0 Å². The van der Waals surface area contributed by atoms with Crippen molar-refractivity contribution in [2.75, 3.05) is 58.4 Å². The van der Waals surface area contributed by atoms with Gasteiger partial charge in [0.05, 0.1) is 26.5 Å². The van der Waals surface area contributed by atoms with Gasteiger partial charge >= 0.3 is 0 Å². The van der Waals surface area contributed by atoms with Gasteiger partial charge in [-0.05, 0) is 29.8 Å². The lowest BCUT2D eigenvalue weighted by Crippen LogP contribution is -3.12. The number of benzene rings is 2. The van der Waals surface area contributed by atoms with Gasteiger partial charge in [-0.3, -0.25) is 4.79 Å². The van der Waals surface area contributed by atoms with Crippen molar-refractivity contribution in [3.05, 3.63) is 53.3 Å². The van der Waals surface area contributed by atoms with Crippen LogP contribution >= 0.6 is 0 Å². The first kappa shape index (κ1) is 20.5. The summed E-state index contributed by atoms with van der Waals surface area (Å²) in [4.78, 5) is 18.1. The van der Waals surface area contributed by atoms with E-state index < -0.39 is 0 Å². The monoisotopic (exact) mass is 414 g/mol. The number of fused-ring (bicyclic) bond motifs is 1. The number of hydrogen-bond acceptors (Lipinski definition) is 4. The normalized spacial score (nSPS) is 18.7. The SMILES string of the molecule is COc1cc2c(cc1OC)C[NH+](CC(=O)N1CCN(c3ccccc3F)CC1)CC2. The molecule has 7 heteroatoms. The minimum atomic E-state index is -0.208. The van der Waals surface area contributed by atoms with Gasteiger partial charge in [-0.25, -0.2) is 4.39 Å². The van der Waals surface area contributed by atoms with Crippen molar-refractivity contribution in [3.63, 3.8) is 0 Å². The second-order valence-corrected chi connectivity index (χ2v) is 7.90. The molecule has 6 nitrogen and oxygen atoms in total. The summed E-state index contributed by atoms with van der Waals surface area (Å²) in [5.74, 6) is 1.44. The van der Waals surface area contributed by atoms with Crippen LogP contribution in [0.2, 0.25) is 0 Å². The van der Waals surface area contributed by atoms with Crippen molar-refractivity contribution in [2.45, 2.75) is 13.0 Å². The first-order chi connectivity index (χ1) is 14.6. The Morgan fingerprint density at radius 2 is 1.70 bits per heavy atom. The summed E-state index contributed by atoms with van der Waals surface area (Å²) in [6.07, 6.45) is 0.916. The highest BCUT2D eigenvalue weighted by molar-refractivity contribution is 5.77. The van der Waals surface area contributed by atoms with Gasteiger partial charge in [0, 0.05) is 38.2 Å². The number of methoxy groups -OCH3 is 2. The number of amides is 1. The summed E-state index contributed by atoms with van der Waals surface area (Å²) >= 11 is 0. The van der Waals surface area contributed by atoms with Gasteiger partial charge in [0.2, 0.25) is 0 Å². The molecule has 1 amide bonds. The molecule has 0 spiro atoms. The summed E-state index contributed by atoms with van der Waals surface area (Å²) in [5.41, 5.74) is 3.10. The highest BCUT2D eigenvalue weighted by Gasteiger charge is 2.28. The Kier molecular flexibility index (Phi) is 6.08. The number of halogens is 1. The predicted octanol–water partition coefficient (Wildman–Crippen LogP) is 1.13. The average molecular weight is 415 g/mol. The number of rotatable bonds is 5. The van der Waals surface area contributed by atoms with Crippen molar-refractivity contribution in [2.24, 2.45) is 0 Å². The smallest absolute Gasteiger partial charge is 0.277 e. The van der Waals surface area contributed by atoms with E-state index in [-0.39, 0.29) is 11.7 Å². The van der Waals surface area contributed by atoms with Crippen LogP contribution in [-0.4, -0.2) is 64.3 Å². The number of piperazine rings is 1. The van der Waals surface area contributed by atoms with Crippen LogP contribution in [0.5, 0.6) is 11.5 Å². The minimum Gasteiger partial charge on any atom is -0.493 e. The number of carbonyl (C=O) groups excluding carboxylic acids is 1. The molecule has 1 fully saturated rings. The van der Waals surface area contributed by atoms with E-state index in [1.807, 2.05) is 21.9 Å². The number of anilines is 1. The summed E-state index contributed by atoms with van der Waals surface area (Å²) in [5, 5.41) is 0. The number of ether oxygens (including phenoxy) is 2. The molecule has 1 saturated heterocycles. The zero-order valence-corrected chi connectivity index (χ0v) is 17.6. The zero-order chi connectivity index (χ0) is 21.1. The van der Waals surface area contributed by atoms with Crippen molar-refractivity contribution in [1.82, 2.24) is 4.90 Å². The average Bonchev–Trinajstić information content (AvgIpc) is 2.78. The highest BCUT2D eigenvalue weighted by Crippen LogP contribution is 2.31. The van der Waals surface area contributed by atoms with Crippen molar-refractivity contribution >= 4 is 11.6 Å². The van der Waals surface area contributed by atoms with E-state index in [1.54, 1.807) is 26.4 Å². The van der Waals surface area contributed by atoms with Crippen molar-refractivity contribution in [1.29, 1.82) is 0 Å². The Bertz CT molecular complexity index is 913. The number of nitrogens with zero attached hydrogens (tertiary/aromatic N) is 2. The fraction of sp³-hybridized carbons (Fsp3) is 0.435. The third kappa shape index (κ3) is 4.21. The summed E-state index contributed by atoms with van der Waals surface area (Å²) in [7, 11) is 3.29. The fourth-order valence-corrected chi connectivity index (χ4v) is 4.41. The third-order valence-corrected chi connectivity index (χ3v) is 6.12. The lowest BCUT2D eigenvalue weighted by molar-refractivity contribution is -0.908. The van der Waals surface area contributed by atoms with Gasteiger partial charge in [-0.15, -0.1) is 0 Å². The van der Waals surface area contributed by atoms with Crippen molar-refractivity contribution in [3.8, 4) is 11.5 Å². The molecule has 1 unspecified atom stereocenters. The van der Waals surface area contributed by atoms with Gasteiger partial charge in [0.1, 0.15) is 12.4 Å². The Morgan fingerprint density at radius 1 is 1.03 bits per heavy atom. The first-order valence-electron chi connectivity index (χ1n) is 10.4. The molecule has 0 saturated carbocycles. The number of carbonyl (C=O) groups is 1. The Balaban J connectivity index is 1.34. The maximum absolute atomic E-state index is 14.0. The van der Waals surface area contributed by atoms with Gasteiger partial charge in [-0.1, -0.05) is 12.1 Å². The molecule has 2 aliphatic rings. The quantitative estimate of drug-likeness (QED) is 0.797. The van der Waals surface area contributed by atoms with Gasteiger partial charge in [0.15, 0.2) is 18.0 Å². The van der Waals surface area contributed by atoms with Gasteiger partial charge < -0.3 is 24.2 Å². The van der Waals surface area contributed by atoms with Crippen LogP contribution in [0.3, 0.4) is 0 Å². The molecule has 4 rings (SSSR count). The van der Waals surface area contributed by atoms with Crippen LogP contribution in [0.25, 0.3) is 0 Å². The molecule has 2 aromatic rings. The van der Waals surface area contributed by atoms with Crippen LogP contribution in [-0.2, 0) is 17.8 Å². The first-order valence-corrected chi connectivity index (χ1v) is 10.4. The number of para-hydroxylation sites is 1. The summed E-state index contributed by atoms with van der Waals surface area (Å²) in [6, 6.07) is 10.9. The molecule has 2 heterocycles. The molecule has 1 atom stereocenters. The predicted molar refractivity (Wildman–Crippen MR) is 113 cm³/mol. The van der Waals surface area contributed by atoms with E-state index in [1.165, 1.54) is 22.1 Å². The summed E-state index contributed by atoms with van der Waals surface area (Å²) in [6.45, 7) is 4.77. The zero-order valence-electron chi connectivity index (χ0n) is 17.6. The second kappa shape index (κ2) is 8.92. The maximum Gasteiger partial charge on any atom is 0.277 e. The highest BCUT2D eigenvalue weighted by atomic mass is 19.1. The molecular formula is C23H29FN3O3+. The minimum absolute atomic E-state index is 0.169. The lowest BCUT2D eigenvalue weighted by Gasteiger charge is -2.37. The molecule has 0 radical (unpaired) electrons. The largest absolute Gasteiger partial charge is 0.493 e. The standard InChI is InChI=1S/C23H28FN3O3/c1-29-21-13-17-7-8-25(15-18(17)14-22(21)30-2)16-23(28)27-11-9-26(10-12-27)20-6-4-3-5-19(20)24/h3-6,13-14H,7-12,15-16H2,1-2H3/p+1. The molecule has 160 valence electrons. The van der Waals surface area contributed by atoms with E-state index in [4.69, 9.17) is 9.47 Å². The Hall–Kier alpha value is -2.80. The van der Waals surface area contributed by atoms with Crippen LogP contribution in [0.4, 0.5) is 10.1 Å². The fourth-order valence-electron chi connectivity index (χ4n) is 4.41. The molecule has 2 aliphatic heterocycles. The Labute approximate surface area is 176 Å². The molecule has 30 heavy (non-hydrogen) atoms. The van der Waals surface area contributed by atoms with Crippen LogP contribution < -0.4 is 19.3 Å². The number of hydrogen-bond donors (Lipinski definition) is 1. The maximum atomic E-state index is 14.0. The second-order valence-electron chi connectivity index (χ2n) is 7.90. The van der Waals surface area contributed by atoms with E-state index >= 15 is 0 Å². The Morgan fingerprint density at radius 3 is 2.37 bits per heavy atom. The number of quaternary nitrogens is 1. The summed E-state index contributed by atoms with van der Waals surface area (Å²) < 4.78 is 24.8. The molecule has 2 aromatic carbocycles. The number of nitrogens with one attached hydrogen (secondary N) is 1. The van der Waals surface area contributed by atoms with Crippen LogP contribution in [0, 0.1) is 5.82 Å². The van der Waals surface area contributed by atoms with E-state index in [0.717, 1.165) is 31.0 Å². The molecular weight excluding hydrogens is 385 g/mol. The third-order valence-electron chi connectivity index (χ3n) is 6.12. The van der Waals surface area contributed by atoms with E-state index in [9.17, 15) is 9.18 Å². The lowest BCUT2D eigenvalue weighted by atomic mass is 9.98. The topological polar surface area (TPSA) is 46.5 Å². The van der Waals surface area contributed by atoms with Crippen molar-refractivity contribution < 1.29 is 23.6 Å². The van der Waals surface area contributed by atoms with Crippen LogP contribution in [0.1, 0.15) is 11.1 Å².